The van der Waals surface area contributed by atoms with Gasteiger partial charge in [0.1, 0.15) is 0 Å². The Morgan fingerprint density at radius 3 is 2.41 bits per heavy atom. The van der Waals surface area contributed by atoms with Crippen molar-refractivity contribution in [3.8, 4) is 5.69 Å². The standard InChI is InChI=1S/C19H27N3/c1-15-12-18(14-21-10-8-17(13-20)9-11-21)16(2)22(15)19-6-4-3-5-7-19/h3-7,12,17H,8-11,13-14,20H2,1-2H3. The lowest BCUT2D eigenvalue weighted by atomic mass is 9.97. The maximum atomic E-state index is 5.79. The monoisotopic (exact) mass is 297 g/mol. The van der Waals surface area contributed by atoms with Gasteiger partial charge < -0.3 is 10.3 Å². The van der Waals surface area contributed by atoms with Crippen LogP contribution >= 0.6 is 0 Å². The number of para-hydroxylation sites is 1. The summed E-state index contributed by atoms with van der Waals surface area (Å²) in [5, 5.41) is 0. The van der Waals surface area contributed by atoms with E-state index in [-0.39, 0.29) is 0 Å². The van der Waals surface area contributed by atoms with Gasteiger partial charge in [-0.3, -0.25) is 4.90 Å². The first-order valence-electron chi connectivity index (χ1n) is 8.34. The van der Waals surface area contributed by atoms with Crippen LogP contribution in [0.4, 0.5) is 0 Å². The van der Waals surface area contributed by atoms with Gasteiger partial charge in [-0.1, -0.05) is 18.2 Å². The highest BCUT2D eigenvalue weighted by Crippen LogP contribution is 2.24. The molecule has 2 N–H and O–H groups in total. The van der Waals surface area contributed by atoms with Crippen LogP contribution in [0.25, 0.3) is 5.69 Å². The summed E-state index contributed by atoms with van der Waals surface area (Å²) in [5.41, 5.74) is 11.2. The van der Waals surface area contributed by atoms with Crippen molar-refractivity contribution in [2.75, 3.05) is 19.6 Å². The van der Waals surface area contributed by atoms with Crippen molar-refractivity contribution < 1.29 is 0 Å². The van der Waals surface area contributed by atoms with E-state index in [1.165, 1.54) is 48.6 Å². The van der Waals surface area contributed by atoms with Gasteiger partial charge in [0, 0.05) is 23.6 Å². The molecule has 0 aliphatic carbocycles. The molecule has 0 spiro atoms. The minimum Gasteiger partial charge on any atom is -0.330 e. The Morgan fingerprint density at radius 2 is 1.77 bits per heavy atom. The second kappa shape index (κ2) is 6.67. The quantitative estimate of drug-likeness (QED) is 0.940. The Bertz CT molecular complexity index is 607. The highest BCUT2D eigenvalue weighted by Gasteiger charge is 2.20. The largest absolute Gasteiger partial charge is 0.330 e. The van der Waals surface area contributed by atoms with E-state index in [0.717, 1.165) is 19.0 Å². The molecule has 22 heavy (non-hydrogen) atoms. The van der Waals surface area contributed by atoms with E-state index >= 15 is 0 Å². The molecule has 0 amide bonds. The van der Waals surface area contributed by atoms with Crippen molar-refractivity contribution in [3.63, 3.8) is 0 Å². The van der Waals surface area contributed by atoms with Crippen LogP contribution < -0.4 is 5.73 Å². The van der Waals surface area contributed by atoms with Gasteiger partial charge in [0.2, 0.25) is 0 Å². The van der Waals surface area contributed by atoms with E-state index in [2.05, 4.69) is 59.7 Å². The van der Waals surface area contributed by atoms with Crippen molar-refractivity contribution in [1.29, 1.82) is 0 Å². The molecular formula is C19H27N3. The minimum atomic E-state index is 0.730. The number of benzene rings is 1. The van der Waals surface area contributed by atoms with E-state index in [1.54, 1.807) is 0 Å². The average Bonchev–Trinajstić information content (AvgIpc) is 2.83. The zero-order valence-electron chi connectivity index (χ0n) is 13.8. The highest BCUT2D eigenvalue weighted by atomic mass is 15.1. The van der Waals surface area contributed by atoms with Crippen LogP contribution in [0.15, 0.2) is 36.4 Å². The molecule has 0 saturated carbocycles. The van der Waals surface area contributed by atoms with Gasteiger partial charge >= 0.3 is 0 Å². The second-order valence-electron chi connectivity index (χ2n) is 6.52. The third-order valence-corrected chi connectivity index (χ3v) is 4.98. The number of likely N-dealkylation sites (tertiary alicyclic amines) is 1. The smallest absolute Gasteiger partial charge is 0.0455 e. The molecule has 1 aromatic carbocycles. The number of aromatic nitrogens is 1. The predicted molar refractivity (Wildman–Crippen MR) is 92.3 cm³/mol. The van der Waals surface area contributed by atoms with Crippen LogP contribution in [-0.4, -0.2) is 29.1 Å². The maximum Gasteiger partial charge on any atom is 0.0455 e. The molecule has 0 bridgehead atoms. The molecule has 1 saturated heterocycles. The molecule has 2 aromatic rings. The van der Waals surface area contributed by atoms with Gasteiger partial charge in [-0.2, -0.15) is 0 Å². The number of hydrogen-bond donors (Lipinski definition) is 1. The Labute approximate surface area is 133 Å². The fourth-order valence-electron chi connectivity index (χ4n) is 3.58. The first kappa shape index (κ1) is 15.3. The van der Waals surface area contributed by atoms with Gasteiger partial charge in [-0.25, -0.2) is 0 Å². The van der Waals surface area contributed by atoms with Gasteiger partial charge in [0.05, 0.1) is 0 Å². The van der Waals surface area contributed by atoms with Crippen LogP contribution in [0.3, 0.4) is 0 Å². The van der Waals surface area contributed by atoms with Gasteiger partial charge in [-0.15, -0.1) is 0 Å². The number of hydrogen-bond acceptors (Lipinski definition) is 2. The minimum absolute atomic E-state index is 0.730. The third kappa shape index (κ3) is 3.11. The molecule has 3 heteroatoms. The lowest BCUT2D eigenvalue weighted by molar-refractivity contribution is 0.180. The SMILES string of the molecule is Cc1cc(CN2CCC(CN)CC2)c(C)n1-c1ccccc1. The fraction of sp³-hybridized carbons (Fsp3) is 0.474. The van der Waals surface area contributed by atoms with Crippen molar-refractivity contribution in [3.05, 3.63) is 53.3 Å². The maximum absolute atomic E-state index is 5.79. The first-order valence-corrected chi connectivity index (χ1v) is 8.34. The zero-order valence-corrected chi connectivity index (χ0v) is 13.8. The number of nitrogens with two attached hydrogens (primary N) is 1. The van der Waals surface area contributed by atoms with Crippen molar-refractivity contribution in [1.82, 2.24) is 9.47 Å². The third-order valence-electron chi connectivity index (χ3n) is 4.98. The Kier molecular flexibility index (Phi) is 4.65. The normalized spacial score (nSPS) is 17.0. The molecule has 0 radical (unpaired) electrons. The lowest BCUT2D eigenvalue weighted by Gasteiger charge is -2.31. The molecule has 3 rings (SSSR count). The lowest BCUT2D eigenvalue weighted by Crippen LogP contribution is -2.35. The van der Waals surface area contributed by atoms with Crippen molar-refractivity contribution in [2.24, 2.45) is 11.7 Å². The molecule has 1 aliphatic heterocycles. The summed E-state index contributed by atoms with van der Waals surface area (Å²) < 4.78 is 2.36. The Balaban J connectivity index is 1.76. The second-order valence-corrected chi connectivity index (χ2v) is 6.52. The molecule has 0 atom stereocenters. The van der Waals surface area contributed by atoms with Crippen molar-refractivity contribution in [2.45, 2.75) is 33.2 Å². The van der Waals surface area contributed by atoms with Crippen LogP contribution in [-0.2, 0) is 6.54 Å². The van der Waals surface area contributed by atoms with Crippen LogP contribution in [0.1, 0.15) is 29.8 Å². The average molecular weight is 297 g/mol. The van der Waals surface area contributed by atoms with E-state index in [1.807, 2.05) is 0 Å². The summed E-state index contributed by atoms with van der Waals surface area (Å²) in [6.45, 7) is 8.69. The van der Waals surface area contributed by atoms with Crippen molar-refractivity contribution >= 4 is 0 Å². The predicted octanol–water partition coefficient (Wildman–Crippen LogP) is 3.26. The molecule has 1 aromatic heterocycles. The van der Waals surface area contributed by atoms with E-state index in [4.69, 9.17) is 5.73 Å². The van der Waals surface area contributed by atoms with E-state index in [0.29, 0.717) is 0 Å². The van der Waals surface area contributed by atoms with E-state index in [9.17, 15) is 0 Å². The summed E-state index contributed by atoms with van der Waals surface area (Å²) in [7, 11) is 0. The fourth-order valence-corrected chi connectivity index (χ4v) is 3.58. The number of nitrogens with zero attached hydrogens (tertiary/aromatic N) is 2. The molecule has 118 valence electrons. The van der Waals surface area contributed by atoms with E-state index < -0.39 is 0 Å². The molecule has 1 aliphatic rings. The molecule has 0 unspecified atom stereocenters. The van der Waals surface area contributed by atoms with Gasteiger partial charge in [0.15, 0.2) is 0 Å². The van der Waals surface area contributed by atoms with Gasteiger partial charge in [0.25, 0.3) is 0 Å². The van der Waals surface area contributed by atoms with Crippen LogP contribution in [0, 0.1) is 19.8 Å². The summed E-state index contributed by atoms with van der Waals surface area (Å²) in [4.78, 5) is 2.57. The number of rotatable bonds is 4. The summed E-state index contributed by atoms with van der Waals surface area (Å²) in [5.74, 6) is 0.730. The molecule has 1 fully saturated rings. The topological polar surface area (TPSA) is 34.2 Å². The summed E-state index contributed by atoms with van der Waals surface area (Å²) >= 11 is 0. The first-order chi connectivity index (χ1) is 10.7. The molecular weight excluding hydrogens is 270 g/mol. The Hall–Kier alpha value is -1.58. The zero-order chi connectivity index (χ0) is 15.5. The summed E-state index contributed by atoms with van der Waals surface area (Å²) in [6, 6.07) is 13.0. The van der Waals surface area contributed by atoms with Gasteiger partial charge in [-0.05, 0) is 76.0 Å². The summed E-state index contributed by atoms with van der Waals surface area (Å²) in [6.07, 6.45) is 2.49. The number of piperidine rings is 1. The Morgan fingerprint density at radius 1 is 1.09 bits per heavy atom. The molecule has 2 heterocycles. The number of aryl methyl sites for hydroxylation is 1. The van der Waals surface area contributed by atoms with Crippen LogP contribution in [0.5, 0.6) is 0 Å². The highest BCUT2D eigenvalue weighted by molar-refractivity contribution is 5.40. The molecule has 3 nitrogen and oxygen atoms in total. The van der Waals surface area contributed by atoms with Crippen LogP contribution in [0.2, 0.25) is 0 Å².